The minimum atomic E-state index is 0.638. The molecular formula is C8H9IN2S. The number of hydrogen-bond acceptors (Lipinski definition) is 1. The summed E-state index contributed by atoms with van der Waals surface area (Å²) < 4.78 is 1.16. The summed E-state index contributed by atoms with van der Waals surface area (Å²) in [6.07, 6.45) is 0. The van der Waals surface area contributed by atoms with Gasteiger partial charge < -0.3 is 10.6 Å². The highest BCUT2D eigenvalue weighted by Gasteiger charge is 1.97. The first-order chi connectivity index (χ1) is 5.74. The maximum Gasteiger partial charge on any atom is 0.170 e. The molecule has 0 amide bonds. The molecule has 0 aliphatic heterocycles. The monoisotopic (exact) mass is 292 g/mol. The highest BCUT2D eigenvalue weighted by atomic mass is 127. The number of hydrogen-bond donors (Lipinski definition) is 2. The second-order valence-electron chi connectivity index (χ2n) is 2.18. The van der Waals surface area contributed by atoms with Crippen LogP contribution in [0, 0.1) is 3.57 Å². The molecule has 0 aliphatic carbocycles. The van der Waals surface area contributed by atoms with Crippen LogP contribution in [-0.4, -0.2) is 12.2 Å². The molecule has 12 heavy (non-hydrogen) atoms. The normalized spacial score (nSPS) is 9.17. The number of para-hydroxylation sites is 1. The molecule has 0 aromatic heterocycles. The molecule has 1 aromatic rings. The van der Waals surface area contributed by atoms with E-state index in [4.69, 9.17) is 12.2 Å². The SMILES string of the molecule is CNC(=S)Nc1ccccc1I. The van der Waals surface area contributed by atoms with Gasteiger partial charge in [-0.2, -0.15) is 0 Å². The molecule has 0 fully saturated rings. The minimum absolute atomic E-state index is 0.638. The highest BCUT2D eigenvalue weighted by molar-refractivity contribution is 14.1. The van der Waals surface area contributed by atoms with Gasteiger partial charge in [-0.1, -0.05) is 12.1 Å². The van der Waals surface area contributed by atoms with Crippen molar-refractivity contribution in [2.24, 2.45) is 0 Å². The zero-order chi connectivity index (χ0) is 8.97. The van der Waals surface area contributed by atoms with Crippen molar-refractivity contribution in [3.05, 3.63) is 27.8 Å². The number of nitrogens with one attached hydrogen (secondary N) is 2. The summed E-state index contributed by atoms with van der Waals surface area (Å²) in [5.41, 5.74) is 1.04. The number of rotatable bonds is 1. The average molecular weight is 292 g/mol. The Morgan fingerprint density at radius 1 is 1.42 bits per heavy atom. The first-order valence-corrected chi connectivity index (χ1v) is 4.96. The van der Waals surface area contributed by atoms with Crippen molar-refractivity contribution in [1.29, 1.82) is 0 Å². The van der Waals surface area contributed by atoms with Crippen LogP contribution in [0.3, 0.4) is 0 Å². The van der Waals surface area contributed by atoms with Gasteiger partial charge in [-0.15, -0.1) is 0 Å². The van der Waals surface area contributed by atoms with Crippen molar-refractivity contribution < 1.29 is 0 Å². The Labute approximate surface area is 90.9 Å². The quantitative estimate of drug-likeness (QED) is 0.613. The Kier molecular flexibility index (Phi) is 3.74. The third kappa shape index (κ3) is 2.60. The van der Waals surface area contributed by atoms with Gasteiger partial charge in [-0.3, -0.25) is 0 Å². The van der Waals surface area contributed by atoms with E-state index in [1.54, 1.807) is 7.05 Å². The molecule has 1 rings (SSSR count). The number of benzene rings is 1. The molecule has 0 bridgehead atoms. The zero-order valence-corrected chi connectivity index (χ0v) is 9.57. The Bertz CT molecular complexity index is 288. The fraction of sp³-hybridized carbons (Fsp3) is 0.125. The average Bonchev–Trinajstić information content (AvgIpc) is 2.09. The molecule has 2 N–H and O–H groups in total. The van der Waals surface area contributed by atoms with E-state index >= 15 is 0 Å². The summed E-state index contributed by atoms with van der Waals surface area (Å²) in [4.78, 5) is 0. The molecule has 0 unspecified atom stereocenters. The Morgan fingerprint density at radius 3 is 2.67 bits per heavy atom. The summed E-state index contributed by atoms with van der Waals surface area (Å²) in [5.74, 6) is 0. The van der Waals surface area contributed by atoms with E-state index in [9.17, 15) is 0 Å². The lowest BCUT2D eigenvalue weighted by atomic mass is 10.3. The molecule has 0 spiro atoms. The summed E-state index contributed by atoms with van der Waals surface area (Å²) in [7, 11) is 1.80. The molecule has 0 saturated carbocycles. The first-order valence-electron chi connectivity index (χ1n) is 3.47. The predicted octanol–water partition coefficient (Wildman–Crippen LogP) is 2.21. The molecule has 64 valence electrons. The smallest absolute Gasteiger partial charge is 0.170 e. The summed E-state index contributed by atoms with van der Waals surface area (Å²) in [5, 5.41) is 6.57. The molecule has 0 radical (unpaired) electrons. The molecule has 1 aromatic carbocycles. The van der Waals surface area contributed by atoms with Gasteiger partial charge in [0.25, 0.3) is 0 Å². The Balaban J connectivity index is 2.75. The molecule has 0 saturated heterocycles. The van der Waals surface area contributed by atoms with Crippen LogP contribution in [0.5, 0.6) is 0 Å². The first kappa shape index (κ1) is 9.73. The third-order valence-corrected chi connectivity index (χ3v) is 2.60. The lowest BCUT2D eigenvalue weighted by Crippen LogP contribution is -2.24. The van der Waals surface area contributed by atoms with E-state index in [1.807, 2.05) is 24.3 Å². The van der Waals surface area contributed by atoms with Crippen LogP contribution in [0.4, 0.5) is 5.69 Å². The number of anilines is 1. The Hall–Kier alpha value is -0.360. The van der Waals surface area contributed by atoms with Crippen LogP contribution in [0.2, 0.25) is 0 Å². The van der Waals surface area contributed by atoms with Gasteiger partial charge in [-0.05, 0) is 46.9 Å². The fourth-order valence-electron chi connectivity index (χ4n) is 0.747. The van der Waals surface area contributed by atoms with Gasteiger partial charge in [0, 0.05) is 10.6 Å². The lowest BCUT2D eigenvalue weighted by molar-refractivity contribution is 1.20. The van der Waals surface area contributed by atoms with Crippen LogP contribution < -0.4 is 10.6 Å². The third-order valence-electron chi connectivity index (χ3n) is 1.35. The summed E-state index contributed by atoms with van der Waals surface area (Å²) in [6.45, 7) is 0. The highest BCUT2D eigenvalue weighted by Crippen LogP contribution is 2.16. The van der Waals surface area contributed by atoms with Gasteiger partial charge in [0.2, 0.25) is 0 Å². The lowest BCUT2D eigenvalue weighted by Gasteiger charge is -2.07. The topological polar surface area (TPSA) is 24.1 Å². The van der Waals surface area contributed by atoms with Crippen LogP contribution in [0.1, 0.15) is 0 Å². The van der Waals surface area contributed by atoms with Gasteiger partial charge in [-0.25, -0.2) is 0 Å². The molecule has 4 heteroatoms. The molecule has 0 aliphatic rings. The van der Waals surface area contributed by atoms with Crippen molar-refractivity contribution in [2.45, 2.75) is 0 Å². The van der Waals surface area contributed by atoms with Crippen molar-refractivity contribution >= 4 is 45.6 Å². The zero-order valence-electron chi connectivity index (χ0n) is 6.60. The number of thiocarbonyl (C=S) groups is 1. The minimum Gasteiger partial charge on any atom is -0.366 e. The summed E-state index contributed by atoms with van der Waals surface area (Å²) in [6, 6.07) is 7.99. The largest absolute Gasteiger partial charge is 0.366 e. The van der Waals surface area contributed by atoms with Crippen LogP contribution >= 0.6 is 34.8 Å². The van der Waals surface area contributed by atoms with Crippen LogP contribution in [-0.2, 0) is 0 Å². The molecule has 0 heterocycles. The van der Waals surface area contributed by atoms with Crippen LogP contribution in [0.15, 0.2) is 24.3 Å². The second kappa shape index (κ2) is 4.61. The predicted molar refractivity (Wildman–Crippen MR) is 64.4 cm³/mol. The second-order valence-corrected chi connectivity index (χ2v) is 3.75. The van der Waals surface area contributed by atoms with E-state index in [0.717, 1.165) is 9.26 Å². The maximum absolute atomic E-state index is 4.97. The molecule has 0 atom stereocenters. The van der Waals surface area contributed by atoms with Gasteiger partial charge in [0.15, 0.2) is 5.11 Å². The van der Waals surface area contributed by atoms with Crippen molar-refractivity contribution in [1.82, 2.24) is 5.32 Å². The summed E-state index contributed by atoms with van der Waals surface area (Å²) >= 11 is 7.23. The van der Waals surface area contributed by atoms with Gasteiger partial charge in [0.05, 0.1) is 5.69 Å². The standard InChI is InChI=1S/C8H9IN2S/c1-10-8(12)11-7-5-3-2-4-6(7)9/h2-5H,1H3,(H2,10,11,12). The molecular weight excluding hydrogens is 283 g/mol. The maximum atomic E-state index is 4.97. The Morgan fingerprint density at radius 2 is 2.08 bits per heavy atom. The van der Waals surface area contributed by atoms with E-state index in [-0.39, 0.29) is 0 Å². The fourth-order valence-corrected chi connectivity index (χ4v) is 1.38. The van der Waals surface area contributed by atoms with Crippen molar-refractivity contribution in [3.8, 4) is 0 Å². The van der Waals surface area contributed by atoms with Crippen molar-refractivity contribution in [2.75, 3.05) is 12.4 Å². The van der Waals surface area contributed by atoms with E-state index in [0.29, 0.717) is 5.11 Å². The van der Waals surface area contributed by atoms with Crippen LogP contribution in [0.25, 0.3) is 0 Å². The van der Waals surface area contributed by atoms with E-state index in [1.165, 1.54) is 0 Å². The van der Waals surface area contributed by atoms with Gasteiger partial charge >= 0.3 is 0 Å². The molecule has 2 nitrogen and oxygen atoms in total. The van der Waals surface area contributed by atoms with E-state index in [2.05, 4.69) is 33.2 Å². The van der Waals surface area contributed by atoms with Gasteiger partial charge in [0.1, 0.15) is 0 Å². The number of halogens is 1. The van der Waals surface area contributed by atoms with Crippen molar-refractivity contribution in [3.63, 3.8) is 0 Å². The van der Waals surface area contributed by atoms with E-state index < -0.39 is 0 Å².